The van der Waals surface area contributed by atoms with Crippen LogP contribution in [0, 0.1) is 0 Å². The van der Waals surface area contributed by atoms with Crippen molar-refractivity contribution in [3.8, 4) is 0 Å². The molecule has 0 saturated heterocycles. The lowest BCUT2D eigenvalue weighted by Gasteiger charge is -2.22. The third-order valence-electron chi connectivity index (χ3n) is 3.00. The van der Waals surface area contributed by atoms with Crippen molar-refractivity contribution in [3.05, 3.63) is 11.6 Å². The Kier molecular flexibility index (Phi) is 2.54. The van der Waals surface area contributed by atoms with Crippen LogP contribution in [-0.4, -0.2) is 14.8 Å². The molecule has 0 spiro atoms. The summed E-state index contributed by atoms with van der Waals surface area (Å²) in [4.78, 5) is 4.59. The highest BCUT2D eigenvalue weighted by molar-refractivity contribution is 5.11. The molecule has 15 heavy (non-hydrogen) atoms. The van der Waals surface area contributed by atoms with Crippen LogP contribution in [0.3, 0.4) is 0 Å². The van der Waals surface area contributed by atoms with Gasteiger partial charge in [0, 0.05) is 13.0 Å². The molecule has 1 atom stereocenters. The first kappa shape index (κ1) is 10.6. The first-order chi connectivity index (χ1) is 7.04. The molecule has 84 valence electrons. The molecule has 2 N–H and O–H groups in total. The van der Waals surface area contributed by atoms with Gasteiger partial charge in [-0.1, -0.05) is 13.3 Å². The Bertz CT molecular complexity index is 349. The summed E-state index contributed by atoms with van der Waals surface area (Å²) >= 11 is 0. The minimum atomic E-state index is -0.344. The average Bonchev–Trinajstić information content (AvgIpc) is 2.90. The van der Waals surface area contributed by atoms with Crippen LogP contribution < -0.4 is 5.73 Å². The van der Waals surface area contributed by atoms with Gasteiger partial charge in [0.15, 0.2) is 5.82 Å². The maximum absolute atomic E-state index is 6.26. The highest BCUT2D eigenvalue weighted by atomic mass is 15.3. The predicted octanol–water partition coefficient (Wildman–Crippen LogP) is 1.67. The Morgan fingerprint density at radius 3 is 2.73 bits per heavy atom. The van der Waals surface area contributed by atoms with Crippen LogP contribution in [0.5, 0.6) is 0 Å². The van der Waals surface area contributed by atoms with E-state index in [0.29, 0.717) is 5.92 Å². The van der Waals surface area contributed by atoms with Gasteiger partial charge in [0.25, 0.3) is 0 Å². The number of aryl methyl sites for hydroxylation is 1. The molecule has 1 fully saturated rings. The molecule has 4 heteroatoms. The summed E-state index contributed by atoms with van der Waals surface area (Å²) in [6, 6.07) is 0. The zero-order chi connectivity index (χ0) is 11.1. The monoisotopic (exact) mass is 208 g/mol. The van der Waals surface area contributed by atoms with Crippen molar-refractivity contribution < 1.29 is 0 Å². The lowest BCUT2D eigenvalue weighted by Crippen LogP contribution is -2.35. The molecule has 0 amide bonds. The molecule has 0 radical (unpaired) electrons. The highest BCUT2D eigenvalue weighted by Crippen LogP contribution is 2.38. The van der Waals surface area contributed by atoms with E-state index in [4.69, 9.17) is 5.73 Å². The molecule has 1 aliphatic rings. The highest BCUT2D eigenvalue weighted by Gasteiger charge is 2.32. The zero-order valence-corrected chi connectivity index (χ0v) is 9.82. The normalized spacial score (nSPS) is 20.3. The molecule has 1 aromatic rings. The molecule has 4 nitrogen and oxygen atoms in total. The summed E-state index contributed by atoms with van der Waals surface area (Å²) in [5.41, 5.74) is 5.92. The van der Waals surface area contributed by atoms with Crippen LogP contribution in [0.1, 0.15) is 57.1 Å². The van der Waals surface area contributed by atoms with Crippen molar-refractivity contribution >= 4 is 0 Å². The first-order valence-corrected chi connectivity index (χ1v) is 5.75. The van der Waals surface area contributed by atoms with E-state index in [0.717, 1.165) is 24.5 Å². The largest absolute Gasteiger partial charge is 0.319 e. The molecule has 1 heterocycles. The molecule has 0 aliphatic heterocycles. The summed E-state index contributed by atoms with van der Waals surface area (Å²) < 4.78 is 1.85. The third-order valence-corrected chi connectivity index (χ3v) is 3.00. The number of nitrogens with two attached hydrogens (primary N) is 1. The van der Waals surface area contributed by atoms with E-state index in [9.17, 15) is 0 Å². The molecule has 1 aromatic heterocycles. The minimum Gasteiger partial charge on any atom is -0.319 e. The second-order valence-electron chi connectivity index (χ2n) is 4.86. The van der Waals surface area contributed by atoms with Crippen molar-refractivity contribution in [2.45, 2.75) is 51.0 Å². The van der Waals surface area contributed by atoms with Crippen molar-refractivity contribution in [1.82, 2.24) is 14.8 Å². The van der Waals surface area contributed by atoms with Crippen LogP contribution in [-0.2, 0) is 12.6 Å². The van der Waals surface area contributed by atoms with E-state index in [-0.39, 0.29) is 5.54 Å². The summed E-state index contributed by atoms with van der Waals surface area (Å²) in [7, 11) is 1.94. The molecule has 1 unspecified atom stereocenters. The van der Waals surface area contributed by atoms with E-state index < -0.39 is 0 Å². The van der Waals surface area contributed by atoms with Crippen molar-refractivity contribution in [2.75, 3.05) is 0 Å². The van der Waals surface area contributed by atoms with E-state index in [1.54, 1.807) is 0 Å². The van der Waals surface area contributed by atoms with Gasteiger partial charge < -0.3 is 5.73 Å². The summed E-state index contributed by atoms with van der Waals surface area (Å²) in [5.74, 6) is 2.51. The van der Waals surface area contributed by atoms with Crippen molar-refractivity contribution in [3.63, 3.8) is 0 Å². The fourth-order valence-corrected chi connectivity index (χ4v) is 2.05. The summed E-state index contributed by atoms with van der Waals surface area (Å²) in [5, 5.41) is 4.45. The number of hydrogen-bond donors (Lipinski definition) is 1. The second kappa shape index (κ2) is 3.59. The number of aromatic nitrogens is 3. The maximum atomic E-state index is 6.26. The fraction of sp³-hybridized carbons (Fsp3) is 0.818. The van der Waals surface area contributed by atoms with E-state index in [1.165, 1.54) is 12.8 Å². The number of rotatable bonds is 4. The quantitative estimate of drug-likeness (QED) is 0.818. The van der Waals surface area contributed by atoms with Crippen LogP contribution in [0.4, 0.5) is 0 Å². The maximum Gasteiger partial charge on any atom is 0.154 e. The molecule has 0 aromatic carbocycles. The molecular formula is C11H20N4. The van der Waals surface area contributed by atoms with E-state index in [2.05, 4.69) is 17.0 Å². The van der Waals surface area contributed by atoms with Crippen LogP contribution in [0.25, 0.3) is 0 Å². The lowest BCUT2D eigenvalue weighted by atomic mass is 9.97. The minimum absolute atomic E-state index is 0.344. The molecule has 1 saturated carbocycles. The average molecular weight is 208 g/mol. The SMILES string of the molecule is CCCC(C)(N)c1nc(C2CC2)nn1C. The lowest BCUT2D eigenvalue weighted by molar-refractivity contribution is 0.401. The third kappa shape index (κ3) is 2.04. The van der Waals surface area contributed by atoms with Gasteiger partial charge in [0.1, 0.15) is 5.82 Å². The Labute approximate surface area is 90.9 Å². The fourth-order valence-electron chi connectivity index (χ4n) is 2.05. The number of hydrogen-bond acceptors (Lipinski definition) is 3. The van der Waals surface area contributed by atoms with Gasteiger partial charge in [-0.15, -0.1) is 0 Å². The Morgan fingerprint density at radius 1 is 1.53 bits per heavy atom. The topological polar surface area (TPSA) is 56.7 Å². The first-order valence-electron chi connectivity index (χ1n) is 5.75. The summed E-state index contributed by atoms with van der Waals surface area (Å²) in [6.45, 7) is 4.18. The predicted molar refractivity (Wildman–Crippen MR) is 59.4 cm³/mol. The van der Waals surface area contributed by atoms with Gasteiger partial charge in [-0.05, 0) is 26.2 Å². The van der Waals surface area contributed by atoms with Gasteiger partial charge in [-0.2, -0.15) is 5.10 Å². The standard InChI is InChI=1S/C11H20N4/c1-4-7-11(2,12)10-13-9(8-5-6-8)14-15(10)3/h8H,4-7,12H2,1-3H3. The van der Waals surface area contributed by atoms with Gasteiger partial charge in [-0.25, -0.2) is 4.98 Å². The molecule has 1 aliphatic carbocycles. The van der Waals surface area contributed by atoms with Crippen LogP contribution >= 0.6 is 0 Å². The number of nitrogens with zero attached hydrogens (tertiary/aromatic N) is 3. The van der Waals surface area contributed by atoms with Gasteiger partial charge in [0.05, 0.1) is 5.54 Å². The Hall–Kier alpha value is -0.900. The van der Waals surface area contributed by atoms with Gasteiger partial charge in [-0.3, -0.25) is 4.68 Å². The Balaban J connectivity index is 2.26. The molecule has 0 bridgehead atoms. The van der Waals surface area contributed by atoms with Gasteiger partial charge in [0.2, 0.25) is 0 Å². The smallest absolute Gasteiger partial charge is 0.154 e. The van der Waals surface area contributed by atoms with E-state index >= 15 is 0 Å². The van der Waals surface area contributed by atoms with Crippen LogP contribution in [0.2, 0.25) is 0 Å². The zero-order valence-electron chi connectivity index (χ0n) is 9.82. The van der Waals surface area contributed by atoms with Crippen molar-refractivity contribution in [1.29, 1.82) is 0 Å². The van der Waals surface area contributed by atoms with Crippen LogP contribution in [0.15, 0.2) is 0 Å². The molecule has 2 rings (SSSR count). The molecular weight excluding hydrogens is 188 g/mol. The Morgan fingerprint density at radius 2 is 2.20 bits per heavy atom. The van der Waals surface area contributed by atoms with Gasteiger partial charge >= 0.3 is 0 Å². The van der Waals surface area contributed by atoms with Crippen molar-refractivity contribution in [2.24, 2.45) is 12.8 Å². The summed E-state index contributed by atoms with van der Waals surface area (Å²) in [6.07, 6.45) is 4.49. The second-order valence-corrected chi connectivity index (χ2v) is 4.86. The van der Waals surface area contributed by atoms with E-state index in [1.807, 2.05) is 18.7 Å².